The average Bonchev–Trinajstić information content (AvgIpc) is 2.81. The molecule has 4 heteroatoms. The van der Waals surface area contributed by atoms with Crippen LogP contribution < -0.4 is 5.73 Å². The van der Waals surface area contributed by atoms with Crippen molar-refractivity contribution in [2.75, 3.05) is 5.73 Å². The fourth-order valence-electron chi connectivity index (χ4n) is 1.87. The SMILES string of the molecule is Cc1cc(C(=O)c2ccnn2C(C)C)ccc1N. The molecule has 0 unspecified atom stereocenters. The van der Waals surface area contributed by atoms with Crippen LogP contribution in [0.5, 0.6) is 0 Å². The first-order valence-electron chi connectivity index (χ1n) is 5.95. The number of benzene rings is 1. The highest BCUT2D eigenvalue weighted by Gasteiger charge is 2.16. The van der Waals surface area contributed by atoms with Crippen molar-refractivity contribution in [3.63, 3.8) is 0 Å². The van der Waals surface area contributed by atoms with Gasteiger partial charge < -0.3 is 5.73 Å². The maximum atomic E-state index is 12.4. The van der Waals surface area contributed by atoms with Gasteiger partial charge in [0.05, 0.1) is 0 Å². The fourth-order valence-corrected chi connectivity index (χ4v) is 1.87. The normalized spacial score (nSPS) is 10.9. The fraction of sp³-hybridized carbons (Fsp3) is 0.286. The van der Waals surface area contributed by atoms with E-state index in [0.29, 0.717) is 16.9 Å². The van der Waals surface area contributed by atoms with Gasteiger partial charge in [0.2, 0.25) is 5.78 Å². The first-order chi connectivity index (χ1) is 8.50. The van der Waals surface area contributed by atoms with Crippen molar-refractivity contribution < 1.29 is 4.79 Å². The molecule has 1 aromatic carbocycles. The zero-order valence-electron chi connectivity index (χ0n) is 10.8. The lowest BCUT2D eigenvalue weighted by molar-refractivity contribution is 0.102. The summed E-state index contributed by atoms with van der Waals surface area (Å²) in [6, 6.07) is 7.23. The standard InChI is InChI=1S/C14H17N3O/c1-9(2)17-13(6-7-16-17)14(18)11-4-5-12(15)10(3)8-11/h4-9H,15H2,1-3H3. The number of nitrogen functional groups attached to an aromatic ring is 1. The van der Waals surface area contributed by atoms with Crippen molar-refractivity contribution >= 4 is 11.5 Å². The van der Waals surface area contributed by atoms with Gasteiger partial charge in [-0.1, -0.05) is 0 Å². The Morgan fingerprint density at radius 1 is 1.33 bits per heavy atom. The van der Waals surface area contributed by atoms with E-state index in [1.165, 1.54) is 0 Å². The van der Waals surface area contributed by atoms with Crippen LogP contribution in [0.15, 0.2) is 30.5 Å². The molecule has 0 atom stereocenters. The van der Waals surface area contributed by atoms with Gasteiger partial charge in [-0.2, -0.15) is 5.10 Å². The summed E-state index contributed by atoms with van der Waals surface area (Å²) in [6.45, 7) is 5.89. The Morgan fingerprint density at radius 2 is 2.06 bits per heavy atom. The van der Waals surface area contributed by atoms with E-state index in [9.17, 15) is 4.79 Å². The highest BCUT2D eigenvalue weighted by atomic mass is 16.1. The van der Waals surface area contributed by atoms with Crippen LogP contribution in [0.25, 0.3) is 0 Å². The zero-order valence-corrected chi connectivity index (χ0v) is 10.8. The molecular formula is C14H17N3O. The molecule has 1 heterocycles. The number of aryl methyl sites for hydroxylation is 1. The highest BCUT2D eigenvalue weighted by molar-refractivity contribution is 6.08. The lowest BCUT2D eigenvalue weighted by Crippen LogP contribution is -2.13. The van der Waals surface area contributed by atoms with Gasteiger partial charge in [0.1, 0.15) is 5.69 Å². The summed E-state index contributed by atoms with van der Waals surface area (Å²) in [5.41, 5.74) is 8.62. The molecule has 0 radical (unpaired) electrons. The number of nitrogens with two attached hydrogens (primary N) is 1. The van der Waals surface area contributed by atoms with Crippen molar-refractivity contribution in [3.8, 4) is 0 Å². The molecule has 0 amide bonds. The molecule has 0 aliphatic heterocycles. The van der Waals surface area contributed by atoms with Crippen molar-refractivity contribution in [1.29, 1.82) is 0 Å². The first-order valence-corrected chi connectivity index (χ1v) is 5.95. The summed E-state index contributed by atoms with van der Waals surface area (Å²) in [5, 5.41) is 4.17. The van der Waals surface area contributed by atoms with Crippen LogP contribution in [-0.4, -0.2) is 15.6 Å². The molecule has 0 aliphatic rings. The Balaban J connectivity index is 2.42. The lowest BCUT2D eigenvalue weighted by Gasteiger charge is -2.10. The molecule has 0 saturated carbocycles. The molecule has 1 aromatic heterocycles. The molecule has 4 nitrogen and oxygen atoms in total. The largest absolute Gasteiger partial charge is 0.399 e. The average molecular weight is 243 g/mol. The van der Waals surface area contributed by atoms with E-state index in [4.69, 9.17) is 5.73 Å². The number of hydrogen-bond donors (Lipinski definition) is 1. The number of carbonyl (C=O) groups excluding carboxylic acids is 1. The number of aromatic nitrogens is 2. The van der Waals surface area contributed by atoms with Crippen molar-refractivity contribution in [3.05, 3.63) is 47.3 Å². The van der Waals surface area contributed by atoms with Crippen LogP contribution in [0.2, 0.25) is 0 Å². The van der Waals surface area contributed by atoms with E-state index in [1.54, 1.807) is 29.1 Å². The molecule has 18 heavy (non-hydrogen) atoms. The van der Waals surface area contributed by atoms with Crippen molar-refractivity contribution in [1.82, 2.24) is 9.78 Å². The van der Waals surface area contributed by atoms with Gasteiger partial charge in [-0.15, -0.1) is 0 Å². The number of ketones is 1. The maximum absolute atomic E-state index is 12.4. The summed E-state index contributed by atoms with van der Waals surface area (Å²) in [7, 11) is 0. The minimum Gasteiger partial charge on any atom is -0.399 e. The molecule has 0 fully saturated rings. The lowest BCUT2D eigenvalue weighted by atomic mass is 10.0. The smallest absolute Gasteiger partial charge is 0.211 e. The number of anilines is 1. The van der Waals surface area contributed by atoms with E-state index >= 15 is 0 Å². The molecule has 2 aromatic rings. The van der Waals surface area contributed by atoms with Crippen LogP contribution in [0, 0.1) is 6.92 Å². The summed E-state index contributed by atoms with van der Waals surface area (Å²) >= 11 is 0. The Labute approximate surface area is 106 Å². The minimum absolute atomic E-state index is 0.0238. The number of carbonyl (C=O) groups is 1. The second-order valence-corrected chi connectivity index (χ2v) is 4.66. The Bertz CT molecular complexity index is 584. The second kappa shape index (κ2) is 4.64. The molecule has 0 aliphatic carbocycles. The van der Waals surface area contributed by atoms with E-state index in [1.807, 2.05) is 26.8 Å². The Hall–Kier alpha value is -2.10. The van der Waals surface area contributed by atoms with Gasteiger partial charge in [-0.05, 0) is 50.6 Å². The third kappa shape index (κ3) is 2.14. The third-order valence-corrected chi connectivity index (χ3v) is 2.92. The van der Waals surface area contributed by atoms with E-state index in [2.05, 4.69) is 5.10 Å². The highest BCUT2D eigenvalue weighted by Crippen LogP contribution is 2.17. The first kappa shape index (κ1) is 12.4. The van der Waals surface area contributed by atoms with E-state index in [-0.39, 0.29) is 11.8 Å². The van der Waals surface area contributed by atoms with Crippen molar-refractivity contribution in [2.45, 2.75) is 26.8 Å². The Kier molecular flexibility index (Phi) is 3.19. The topological polar surface area (TPSA) is 60.9 Å². The number of rotatable bonds is 3. The van der Waals surface area contributed by atoms with Crippen LogP contribution in [0.1, 0.15) is 41.5 Å². The summed E-state index contributed by atoms with van der Waals surface area (Å²) in [6.07, 6.45) is 1.65. The van der Waals surface area contributed by atoms with Crippen LogP contribution in [0.4, 0.5) is 5.69 Å². The van der Waals surface area contributed by atoms with Gasteiger partial charge in [-0.3, -0.25) is 9.48 Å². The molecule has 0 bridgehead atoms. The molecule has 94 valence electrons. The maximum Gasteiger partial charge on any atom is 0.211 e. The van der Waals surface area contributed by atoms with Crippen LogP contribution in [-0.2, 0) is 0 Å². The molecule has 0 saturated heterocycles. The number of nitrogens with zero attached hydrogens (tertiary/aromatic N) is 2. The molecular weight excluding hydrogens is 226 g/mol. The predicted molar refractivity (Wildman–Crippen MR) is 71.6 cm³/mol. The van der Waals surface area contributed by atoms with Crippen molar-refractivity contribution in [2.24, 2.45) is 0 Å². The molecule has 0 spiro atoms. The third-order valence-electron chi connectivity index (χ3n) is 2.92. The summed E-state index contributed by atoms with van der Waals surface area (Å²) in [4.78, 5) is 12.4. The second-order valence-electron chi connectivity index (χ2n) is 4.66. The summed E-state index contributed by atoms with van der Waals surface area (Å²) in [5.74, 6) is -0.0238. The van der Waals surface area contributed by atoms with Gasteiger partial charge in [0, 0.05) is 23.5 Å². The Morgan fingerprint density at radius 3 is 2.67 bits per heavy atom. The van der Waals surface area contributed by atoms with E-state index < -0.39 is 0 Å². The molecule has 2 rings (SSSR count). The zero-order chi connectivity index (χ0) is 13.3. The number of hydrogen-bond acceptors (Lipinski definition) is 3. The van der Waals surface area contributed by atoms with Gasteiger partial charge in [-0.25, -0.2) is 0 Å². The van der Waals surface area contributed by atoms with Crippen LogP contribution in [0.3, 0.4) is 0 Å². The van der Waals surface area contributed by atoms with Gasteiger partial charge >= 0.3 is 0 Å². The summed E-state index contributed by atoms with van der Waals surface area (Å²) < 4.78 is 1.73. The van der Waals surface area contributed by atoms with Gasteiger partial charge in [0.15, 0.2) is 0 Å². The minimum atomic E-state index is -0.0238. The molecule has 2 N–H and O–H groups in total. The predicted octanol–water partition coefficient (Wildman–Crippen LogP) is 2.59. The van der Waals surface area contributed by atoms with E-state index in [0.717, 1.165) is 5.56 Å². The quantitative estimate of drug-likeness (QED) is 0.665. The van der Waals surface area contributed by atoms with Gasteiger partial charge in [0.25, 0.3) is 0 Å². The monoisotopic (exact) mass is 243 g/mol. The van der Waals surface area contributed by atoms with Crippen LogP contribution >= 0.6 is 0 Å².